The van der Waals surface area contributed by atoms with Gasteiger partial charge in [-0.3, -0.25) is 9.59 Å². The Morgan fingerprint density at radius 3 is 2.41 bits per heavy atom. The van der Waals surface area contributed by atoms with Crippen molar-refractivity contribution in [2.45, 2.75) is 38.5 Å². The summed E-state index contributed by atoms with van der Waals surface area (Å²) >= 11 is 0. The molecular formula is C21H21F3O3. The van der Waals surface area contributed by atoms with Crippen LogP contribution >= 0.6 is 0 Å². The number of ketones is 1. The molecule has 144 valence electrons. The van der Waals surface area contributed by atoms with Crippen LogP contribution in [0.5, 0.6) is 0 Å². The summed E-state index contributed by atoms with van der Waals surface area (Å²) in [7, 11) is 0. The molecule has 3 nitrogen and oxygen atoms in total. The van der Waals surface area contributed by atoms with Gasteiger partial charge in [-0.25, -0.2) is 0 Å². The highest BCUT2D eigenvalue weighted by Crippen LogP contribution is 2.35. The number of Topliss-reactive ketones (excluding diaryl/α,β-unsaturated/α-hetero) is 1. The number of halogens is 3. The summed E-state index contributed by atoms with van der Waals surface area (Å²) in [6.45, 7) is 4.64. The number of alkyl halides is 3. The van der Waals surface area contributed by atoms with Crippen LogP contribution in [0, 0.1) is 5.41 Å². The number of benzene rings is 1. The third-order valence-electron chi connectivity index (χ3n) is 4.54. The minimum Gasteiger partial charge on any atom is -0.457 e. The molecule has 0 N–H and O–H groups in total. The van der Waals surface area contributed by atoms with E-state index in [1.807, 2.05) is 0 Å². The fourth-order valence-corrected chi connectivity index (χ4v) is 2.75. The van der Waals surface area contributed by atoms with E-state index in [2.05, 4.69) is 6.58 Å². The second-order valence-corrected chi connectivity index (χ2v) is 6.60. The summed E-state index contributed by atoms with van der Waals surface area (Å²) in [5.74, 6) is -3.24. The molecule has 1 aliphatic rings. The average molecular weight is 378 g/mol. The normalized spacial score (nSPS) is 18.6. The minimum atomic E-state index is -5.12. The van der Waals surface area contributed by atoms with Crippen molar-refractivity contribution in [3.63, 3.8) is 0 Å². The standard InChI is InChI=1S/C21H21F3O3/c1-3-15-9-11-16(12-10-15)13-14-20(2,18(25)21(22,23)24)19(26)27-17-7-5-4-6-8-17/h3-7,9-12,17H,1,8,13-14H2,2H3. The first-order chi connectivity index (χ1) is 12.7. The van der Waals surface area contributed by atoms with E-state index < -0.39 is 29.4 Å². The summed E-state index contributed by atoms with van der Waals surface area (Å²) in [6.07, 6.45) is 2.74. The second-order valence-electron chi connectivity index (χ2n) is 6.60. The number of aryl methyl sites for hydroxylation is 1. The quantitative estimate of drug-likeness (QED) is 0.504. The van der Waals surface area contributed by atoms with Crippen LogP contribution in [0.4, 0.5) is 13.2 Å². The van der Waals surface area contributed by atoms with Gasteiger partial charge in [0, 0.05) is 6.42 Å². The van der Waals surface area contributed by atoms with Crippen LogP contribution in [0.25, 0.3) is 6.08 Å². The molecular weight excluding hydrogens is 357 g/mol. The maximum absolute atomic E-state index is 13.1. The third kappa shape index (κ3) is 5.18. The lowest BCUT2D eigenvalue weighted by Gasteiger charge is -2.28. The van der Waals surface area contributed by atoms with Crippen LogP contribution in [0.3, 0.4) is 0 Å². The number of hydrogen-bond acceptors (Lipinski definition) is 3. The largest absolute Gasteiger partial charge is 0.457 e. The Kier molecular flexibility index (Phi) is 6.41. The van der Waals surface area contributed by atoms with Crippen molar-refractivity contribution in [3.8, 4) is 0 Å². The molecule has 27 heavy (non-hydrogen) atoms. The summed E-state index contributed by atoms with van der Waals surface area (Å²) in [5.41, 5.74) is -0.718. The van der Waals surface area contributed by atoms with Crippen LogP contribution in [0.1, 0.15) is 30.9 Å². The smallest absolute Gasteiger partial charge is 0.451 e. The van der Waals surface area contributed by atoms with Gasteiger partial charge in [0.25, 0.3) is 5.78 Å². The van der Waals surface area contributed by atoms with Crippen molar-refractivity contribution in [2.75, 3.05) is 0 Å². The van der Waals surface area contributed by atoms with Crippen molar-refractivity contribution >= 4 is 17.8 Å². The number of carbonyl (C=O) groups excluding carboxylic acids is 2. The molecule has 0 aliphatic heterocycles. The summed E-state index contributed by atoms with van der Waals surface area (Å²) in [4.78, 5) is 24.5. The van der Waals surface area contributed by atoms with Gasteiger partial charge < -0.3 is 4.74 Å². The predicted octanol–water partition coefficient (Wildman–Crippen LogP) is 4.83. The van der Waals surface area contributed by atoms with Crippen LogP contribution in [-0.2, 0) is 20.7 Å². The molecule has 0 saturated carbocycles. The van der Waals surface area contributed by atoms with Gasteiger partial charge in [-0.2, -0.15) is 13.2 Å². The Hall–Kier alpha value is -2.63. The molecule has 0 bridgehead atoms. The summed E-state index contributed by atoms with van der Waals surface area (Å²) in [5, 5.41) is 0. The van der Waals surface area contributed by atoms with Crippen molar-refractivity contribution in [1.82, 2.24) is 0 Å². The van der Waals surface area contributed by atoms with Gasteiger partial charge in [0.15, 0.2) is 0 Å². The zero-order chi connectivity index (χ0) is 20.1. The molecule has 2 rings (SSSR count). The van der Waals surface area contributed by atoms with Crippen LogP contribution in [0.2, 0.25) is 0 Å². The van der Waals surface area contributed by atoms with E-state index in [1.54, 1.807) is 54.6 Å². The van der Waals surface area contributed by atoms with E-state index >= 15 is 0 Å². The maximum atomic E-state index is 13.1. The average Bonchev–Trinajstić information content (AvgIpc) is 2.66. The monoisotopic (exact) mass is 378 g/mol. The molecule has 0 heterocycles. The lowest BCUT2D eigenvalue weighted by molar-refractivity contribution is -0.190. The molecule has 0 fully saturated rings. The topological polar surface area (TPSA) is 43.4 Å². The van der Waals surface area contributed by atoms with Gasteiger partial charge in [0.2, 0.25) is 0 Å². The molecule has 0 amide bonds. The molecule has 6 heteroatoms. The molecule has 1 aromatic rings. The molecule has 2 unspecified atom stereocenters. The van der Waals surface area contributed by atoms with Crippen molar-refractivity contribution in [2.24, 2.45) is 5.41 Å². The second kappa shape index (κ2) is 8.37. The number of hydrogen-bond donors (Lipinski definition) is 0. The molecule has 1 aliphatic carbocycles. The molecule has 0 spiro atoms. The van der Waals surface area contributed by atoms with E-state index in [0.717, 1.165) is 18.1 Å². The van der Waals surface area contributed by atoms with Gasteiger partial charge in [0.05, 0.1) is 0 Å². The van der Waals surface area contributed by atoms with E-state index in [4.69, 9.17) is 4.74 Å². The highest BCUT2D eigenvalue weighted by atomic mass is 19.4. The number of esters is 1. The van der Waals surface area contributed by atoms with Crippen molar-refractivity contribution in [3.05, 3.63) is 66.3 Å². The Bertz CT molecular complexity index is 760. The van der Waals surface area contributed by atoms with E-state index in [-0.39, 0.29) is 12.8 Å². The van der Waals surface area contributed by atoms with Crippen molar-refractivity contribution < 1.29 is 27.5 Å². The van der Waals surface area contributed by atoms with E-state index in [1.165, 1.54) is 0 Å². The van der Waals surface area contributed by atoms with Crippen LogP contribution < -0.4 is 0 Å². The molecule has 1 aromatic carbocycles. The Morgan fingerprint density at radius 2 is 1.89 bits per heavy atom. The lowest BCUT2D eigenvalue weighted by Crippen LogP contribution is -2.46. The van der Waals surface area contributed by atoms with Crippen LogP contribution in [-0.4, -0.2) is 24.0 Å². The van der Waals surface area contributed by atoms with Crippen molar-refractivity contribution in [1.29, 1.82) is 0 Å². The number of allylic oxidation sites excluding steroid dienone is 2. The molecule has 0 saturated heterocycles. The van der Waals surface area contributed by atoms with E-state index in [0.29, 0.717) is 6.42 Å². The zero-order valence-electron chi connectivity index (χ0n) is 15.0. The minimum absolute atomic E-state index is 0.130. The van der Waals surface area contributed by atoms with Gasteiger partial charge in [-0.05, 0) is 37.0 Å². The third-order valence-corrected chi connectivity index (χ3v) is 4.54. The molecule has 2 atom stereocenters. The van der Waals surface area contributed by atoms with Gasteiger partial charge in [-0.15, -0.1) is 0 Å². The highest BCUT2D eigenvalue weighted by molar-refractivity contribution is 6.06. The zero-order valence-corrected chi connectivity index (χ0v) is 15.0. The summed E-state index contributed by atoms with van der Waals surface area (Å²) < 4.78 is 44.5. The Balaban J connectivity index is 2.19. The van der Waals surface area contributed by atoms with Gasteiger partial charge >= 0.3 is 12.1 Å². The molecule has 0 aromatic heterocycles. The first-order valence-electron chi connectivity index (χ1n) is 8.54. The van der Waals surface area contributed by atoms with Crippen LogP contribution in [0.15, 0.2) is 55.1 Å². The number of carbonyl (C=O) groups is 2. The number of ether oxygens (including phenoxy) is 1. The Labute approximate surface area is 156 Å². The van der Waals surface area contributed by atoms with Gasteiger partial charge in [0.1, 0.15) is 11.5 Å². The number of rotatable bonds is 7. The molecule has 0 radical (unpaired) electrons. The lowest BCUT2D eigenvalue weighted by atomic mass is 9.79. The van der Waals surface area contributed by atoms with Gasteiger partial charge in [-0.1, -0.05) is 55.1 Å². The first kappa shape index (κ1) is 20.7. The fourth-order valence-electron chi connectivity index (χ4n) is 2.75. The SMILES string of the molecule is C=Cc1ccc(CCC(C)(C(=O)OC2C=CC=CC2)C(=O)C(F)(F)F)cc1. The Morgan fingerprint density at radius 1 is 1.22 bits per heavy atom. The predicted molar refractivity (Wildman–Crippen MR) is 96.8 cm³/mol. The first-order valence-corrected chi connectivity index (χ1v) is 8.54. The fraction of sp³-hybridized carbons (Fsp3) is 0.333. The van der Waals surface area contributed by atoms with E-state index in [9.17, 15) is 22.8 Å². The highest BCUT2D eigenvalue weighted by Gasteiger charge is 2.55. The maximum Gasteiger partial charge on any atom is 0.451 e. The summed E-state index contributed by atoms with van der Waals surface area (Å²) in [6, 6.07) is 7.00.